The molecule has 180 valence electrons. The summed E-state index contributed by atoms with van der Waals surface area (Å²) in [4.78, 5) is 15.0. The summed E-state index contributed by atoms with van der Waals surface area (Å²) < 4.78 is 16.9. The van der Waals surface area contributed by atoms with E-state index in [-0.39, 0.29) is 38.7 Å². The third-order valence-corrected chi connectivity index (χ3v) is 5.05. The number of nitrogens with zero attached hydrogens (tertiary/aromatic N) is 4. The van der Waals surface area contributed by atoms with Crippen LogP contribution >= 0.6 is 13.5 Å². The molecular formula is C22H37N5O4S. The zero-order valence-corrected chi connectivity index (χ0v) is 20.5. The lowest BCUT2D eigenvalue weighted by molar-refractivity contribution is 0.246. The fraction of sp³-hybridized carbons (Fsp3) is 0.591. The van der Waals surface area contributed by atoms with E-state index >= 15 is 0 Å². The van der Waals surface area contributed by atoms with E-state index < -0.39 is 0 Å². The Labute approximate surface area is 197 Å². The predicted molar refractivity (Wildman–Crippen MR) is 131 cm³/mol. The molecule has 0 aliphatic carbocycles. The minimum absolute atomic E-state index is 0. The van der Waals surface area contributed by atoms with Gasteiger partial charge in [0.1, 0.15) is 12.3 Å². The molecule has 1 atom stereocenters. The minimum Gasteiger partial charge on any atom is -0.493 e. The van der Waals surface area contributed by atoms with Gasteiger partial charge in [-0.05, 0) is 12.8 Å². The van der Waals surface area contributed by atoms with Crippen molar-refractivity contribution < 1.29 is 19.3 Å². The van der Waals surface area contributed by atoms with Crippen LogP contribution in [0.5, 0.6) is 17.2 Å². The Kier molecular flexibility index (Phi) is 12.6. The molecule has 10 heteroatoms. The highest BCUT2D eigenvalue weighted by atomic mass is 32.1. The summed E-state index contributed by atoms with van der Waals surface area (Å²) in [6, 6.07) is 1.65. The smallest absolute Gasteiger partial charge is 0.222 e. The number of unbranched alkanes of at least 4 members (excludes halogenated alkanes) is 2. The molecule has 0 saturated heterocycles. The zero-order valence-electron chi connectivity index (χ0n) is 19.5. The number of hydrogen-bond donors (Lipinski definition) is 2. The SMILES string of the molecule is CCCC[C@@H](CO)N(CCCC)c1nc(N)ncc1OCc1nccc(OC)c1OC.S. The van der Waals surface area contributed by atoms with Gasteiger partial charge in [0.15, 0.2) is 23.1 Å². The molecule has 0 unspecified atom stereocenters. The van der Waals surface area contributed by atoms with Crippen molar-refractivity contribution in [2.45, 2.75) is 58.6 Å². The molecule has 9 nitrogen and oxygen atoms in total. The Balaban J connectivity index is 0.00000512. The van der Waals surface area contributed by atoms with E-state index in [0.29, 0.717) is 28.8 Å². The molecule has 2 aromatic heterocycles. The van der Waals surface area contributed by atoms with Crippen molar-refractivity contribution in [2.24, 2.45) is 0 Å². The lowest BCUT2D eigenvalue weighted by atomic mass is 10.1. The molecule has 0 saturated carbocycles. The van der Waals surface area contributed by atoms with Gasteiger partial charge in [-0.15, -0.1) is 0 Å². The lowest BCUT2D eigenvalue weighted by Gasteiger charge is -2.32. The van der Waals surface area contributed by atoms with Crippen LogP contribution in [0.3, 0.4) is 0 Å². The summed E-state index contributed by atoms with van der Waals surface area (Å²) in [5.74, 6) is 2.31. The van der Waals surface area contributed by atoms with Crippen LogP contribution in [0.15, 0.2) is 18.5 Å². The maximum absolute atomic E-state index is 10.1. The van der Waals surface area contributed by atoms with Crippen LogP contribution < -0.4 is 24.8 Å². The van der Waals surface area contributed by atoms with Crippen LogP contribution in [0.4, 0.5) is 11.8 Å². The second kappa shape index (κ2) is 14.6. The summed E-state index contributed by atoms with van der Waals surface area (Å²) in [6.07, 6.45) is 8.09. The predicted octanol–water partition coefficient (Wildman–Crippen LogP) is 3.32. The van der Waals surface area contributed by atoms with Crippen LogP contribution in [0.25, 0.3) is 0 Å². The standard InChI is InChI=1S/C22H35N5O4.H2S/c1-5-7-9-16(14-28)27(12-8-6-2)21-19(13-25-22(23)26-21)31-15-17-20(30-4)18(29-3)10-11-24-17;/h10-11,13,16,28H,5-9,12,14-15H2,1-4H3,(H2,23,25,26);1H2/t16-;/m0./s1. The first-order valence-corrected chi connectivity index (χ1v) is 10.8. The highest BCUT2D eigenvalue weighted by Crippen LogP contribution is 2.33. The third kappa shape index (κ3) is 7.30. The molecule has 0 aliphatic heterocycles. The highest BCUT2D eigenvalue weighted by molar-refractivity contribution is 7.59. The molecule has 0 bridgehead atoms. The monoisotopic (exact) mass is 467 g/mol. The van der Waals surface area contributed by atoms with E-state index in [9.17, 15) is 5.11 Å². The first-order chi connectivity index (χ1) is 15.1. The molecule has 0 aromatic carbocycles. The summed E-state index contributed by atoms with van der Waals surface area (Å²) in [5.41, 5.74) is 6.50. The average Bonchev–Trinajstić information content (AvgIpc) is 2.80. The van der Waals surface area contributed by atoms with E-state index in [4.69, 9.17) is 19.9 Å². The van der Waals surface area contributed by atoms with Crippen LogP contribution in [0.2, 0.25) is 0 Å². The lowest BCUT2D eigenvalue weighted by Crippen LogP contribution is -2.40. The summed E-state index contributed by atoms with van der Waals surface area (Å²) >= 11 is 0. The van der Waals surface area contributed by atoms with Crippen molar-refractivity contribution in [3.05, 3.63) is 24.2 Å². The number of aliphatic hydroxyl groups is 1. The van der Waals surface area contributed by atoms with Gasteiger partial charge in [0, 0.05) is 18.8 Å². The van der Waals surface area contributed by atoms with Crippen LogP contribution in [-0.2, 0) is 6.61 Å². The Bertz CT molecular complexity index is 812. The van der Waals surface area contributed by atoms with Crippen molar-refractivity contribution in [1.82, 2.24) is 15.0 Å². The second-order valence-corrected chi connectivity index (χ2v) is 7.22. The van der Waals surface area contributed by atoms with Crippen molar-refractivity contribution in [1.29, 1.82) is 0 Å². The fourth-order valence-corrected chi connectivity index (χ4v) is 3.36. The van der Waals surface area contributed by atoms with Gasteiger partial charge >= 0.3 is 0 Å². The number of anilines is 2. The summed E-state index contributed by atoms with van der Waals surface area (Å²) in [7, 11) is 3.14. The topological polar surface area (TPSA) is 116 Å². The molecule has 0 aliphatic rings. The second-order valence-electron chi connectivity index (χ2n) is 7.22. The van der Waals surface area contributed by atoms with Gasteiger partial charge < -0.3 is 30.0 Å². The minimum atomic E-state index is -0.0763. The Morgan fingerprint density at radius 2 is 1.84 bits per heavy atom. The molecule has 2 heterocycles. The van der Waals surface area contributed by atoms with Crippen molar-refractivity contribution in [3.63, 3.8) is 0 Å². The number of pyridine rings is 1. The zero-order chi connectivity index (χ0) is 22.6. The van der Waals surface area contributed by atoms with Gasteiger partial charge in [0.25, 0.3) is 0 Å². The molecule has 0 fully saturated rings. The molecule has 2 rings (SSSR count). The largest absolute Gasteiger partial charge is 0.493 e. The van der Waals surface area contributed by atoms with E-state index in [1.807, 2.05) is 0 Å². The third-order valence-electron chi connectivity index (χ3n) is 5.05. The van der Waals surface area contributed by atoms with E-state index in [0.717, 1.165) is 38.6 Å². The average molecular weight is 468 g/mol. The van der Waals surface area contributed by atoms with Gasteiger partial charge in [-0.3, -0.25) is 4.98 Å². The Morgan fingerprint density at radius 3 is 2.47 bits per heavy atom. The fourth-order valence-electron chi connectivity index (χ4n) is 3.36. The van der Waals surface area contributed by atoms with Crippen LogP contribution in [-0.4, -0.2) is 53.5 Å². The first-order valence-electron chi connectivity index (χ1n) is 10.8. The van der Waals surface area contributed by atoms with Crippen LogP contribution in [0.1, 0.15) is 51.6 Å². The molecule has 3 N–H and O–H groups in total. The normalized spacial score (nSPS) is 11.4. The number of rotatable bonds is 14. The van der Waals surface area contributed by atoms with Crippen molar-refractivity contribution in [2.75, 3.05) is 38.0 Å². The Hall–Kier alpha value is -2.46. The maximum atomic E-state index is 10.1. The number of nitrogen functional groups attached to an aromatic ring is 1. The number of nitrogens with two attached hydrogens (primary N) is 1. The summed E-state index contributed by atoms with van der Waals surface area (Å²) in [5, 5.41) is 10.1. The molecule has 0 amide bonds. The number of aromatic nitrogens is 3. The van der Waals surface area contributed by atoms with Crippen molar-refractivity contribution >= 4 is 25.3 Å². The van der Waals surface area contributed by atoms with Crippen molar-refractivity contribution in [3.8, 4) is 17.2 Å². The van der Waals surface area contributed by atoms with Gasteiger partial charge in [-0.2, -0.15) is 18.5 Å². The van der Waals surface area contributed by atoms with Gasteiger partial charge in [0.05, 0.1) is 33.1 Å². The van der Waals surface area contributed by atoms with E-state index in [2.05, 4.69) is 33.7 Å². The molecule has 2 aromatic rings. The maximum Gasteiger partial charge on any atom is 0.222 e. The summed E-state index contributed by atoms with van der Waals surface area (Å²) in [6.45, 7) is 5.17. The molecular weight excluding hydrogens is 430 g/mol. The van der Waals surface area contributed by atoms with Gasteiger partial charge in [0.2, 0.25) is 5.95 Å². The molecule has 0 radical (unpaired) electrons. The van der Waals surface area contributed by atoms with E-state index in [1.54, 1.807) is 32.7 Å². The highest BCUT2D eigenvalue weighted by Gasteiger charge is 2.24. The number of aliphatic hydroxyl groups excluding tert-OH is 1. The quantitative estimate of drug-likeness (QED) is 0.431. The molecule has 32 heavy (non-hydrogen) atoms. The van der Waals surface area contributed by atoms with Crippen LogP contribution in [0, 0.1) is 0 Å². The first kappa shape index (κ1) is 27.6. The molecule has 0 spiro atoms. The number of methoxy groups -OCH3 is 2. The Morgan fingerprint density at radius 1 is 1.09 bits per heavy atom. The van der Waals surface area contributed by atoms with Gasteiger partial charge in [-0.25, -0.2) is 4.98 Å². The van der Waals surface area contributed by atoms with Gasteiger partial charge in [-0.1, -0.05) is 33.1 Å². The number of ether oxygens (including phenoxy) is 3. The van der Waals surface area contributed by atoms with E-state index in [1.165, 1.54) is 0 Å². The number of hydrogen-bond acceptors (Lipinski definition) is 9.